The van der Waals surface area contributed by atoms with Gasteiger partial charge < -0.3 is 14.8 Å². The van der Waals surface area contributed by atoms with Crippen LogP contribution in [0.3, 0.4) is 0 Å². The molecule has 3 aromatic rings. The Labute approximate surface area is 180 Å². The van der Waals surface area contributed by atoms with Crippen molar-refractivity contribution in [1.29, 1.82) is 0 Å². The Morgan fingerprint density at radius 2 is 1.76 bits per heavy atom. The lowest BCUT2D eigenvalue weighted by molar-refractivity contribution is 0.269. The molecule has 3 nitrogen and oxygen atoms in total. The molecule has 0 amide bonds. The second-order valence-electron chi connectivity index (χ2n) is 6.60. The second kappa shape index (κ2) is 9.86. The van der Waals surface area contributed by atoms with Gasteiger partial charge in [0.2, 0.25) is 0 Å². The molecule has 0 heterocycles. The number of rotatable bonds is 8. The van der Waals surface area contributed by atoms with Crippen LogP contribution < -0.4 is 14.8 Å². The fourth-order valence-corrected chi connectivity index (χ4v) is 3.36. The van der Waals surface area contributed by atoms with E-state index in [2.05, 4.69) is 11.4 Å². The van der Waals surface area contributed by atoms with Crippen molar-refractivity contribution in [3.05, 3.63) is 87.2 Å². The van der Waals surface area contributed by atoms with Crippen LogP contribution in [0.25, 0.3) is 0 Å². The number of halogens is 3. The van der Waals surface area contributed by atoms with Gasteiger partial charge in [-0.15, -0.1) is 0 Å². The molecule has 0 saturated carbocycles. The smallest absolute Gasteiger partial charge is 0.180 e. The molecule has 152 valence electrons. The highest BCUT2D eigenvalue weighted by molar-refractivity contribution is 6.32. The van der Waals surface area contributed by atoms with Crippen LogP contribution in [0.5, 0.6) is 11.5 Å². The van der Waals surface area contributed by atoms with Gasteiger partial charge >= 0.3 is 0 Å². The zero-order chi connectivity index (χ0) is 20.8. The summed E-state index contributed by atoms with van der Waals surface area (Å²) < 4.78 is 25.0. The van der Waals surface area contributed by atoms with Crippen molar-refractivity contribution < 1.29 is 13.9 Å². The standard InChI is InChI=1S/C23H22Cl2FNO2/c1-3-28-22-11-17(13-27-18-7-8-21(26)19(24)12-18)10-20(25)23(22)29-14-16-6-4-5-15(2)9-16/h4-12,27H,3,13-14H2,1-2H3. The van der Waals surface area contributed by atoms with E-state index in [1.807, 2.05) is 44.2 Å². The van der Waals surface area contributed by atoms with Gasteiger partial charge in [-0.25, -0.2) is 4.39 Å². The molecule has 0 radical (unpaired) electrons. The van der Waals surface area contributed by atoms with Crippen molar-refractivity contribution in [1.82, 2.24) is 0 Å². The highest BCUT2D eigenvalue weighted by Crippen LogP contribution is 2.37. The van der Waals surface area contributed by atoms with Gasteiger partial charge in [-0.1, -0.05) is 53.0 Å². The van der Waals surface area contributed by atoms with E-state index in [0.717, 1.165) is 11.1 Å². The molecule has 0 spiro atoms. The highest BCUT2D eigenvalue weighted by Gasteiger charge is 2.13. The van der Waals surface area contributed by atoms with Crippen LogP contribution in [0.15, 0.2) is 54.6 Å². The zero-order valence-electron chi connectivity index (χ0n) is 16.3. The molecule has 0 aliphatic rings. The minimum atomic E-state index is -0.450. The maximum Gasteiger partial charge on any atom is 0.180 e. The lowest BCUT2D eigenvalue weighted by atomic mass is 10.1. The molecule has 0 aliphatic heterocycles. The lowest BCUT2D eigenvalue weighted by Gasteiger charge is -2.16. The zero-order valence-corrected chi connectivity index (χ0v) is 17.8. The number of hydrogen-bond acceptors (Lipinski definition) is 3. The molecule has 1 N–H and O–H groups in total. The van der Waals surface area contributed by atoms with Crippen LogP contribution in [0.4, 0.5) is 10.1 Å². The molecule has 29 heavy (non-hydrogen) atoms. The first kappa shape index (κ1) is 21.3. The summed E-state index contributed by atoms with van der Waals surface area (Å²) in [5, 5.41) is 3.75. The molecule has 0 saturated heterocycles. The number of hydrogen-bond donors (Lipinski definition) is 1. The Morgan fingerprint density at radius 1 is 0.931 bits per heavy atom. The molecule has 0 aromatic heterocycles. The van der Waals surface area contributed by atoms with E-state index >= 15 is 0 Å². The van der Waals surface area contributed by atoms with E-state index in [-0.39, 0.29) is 5.02 Å². The first-order chi connectivity index (χ1) is 14.0. The average Bonchev–Trinajstić information content (AvgIpc) is 2.68. The number of nitrogens with one attached hydrogen (secondary N) is 1. The molecule has 3 rings (SSSR count). The molecule has 0 unspecified atom stereocenters. The number of benzene rings is 3. The molecule has 0 bridgehead atoms. The first-order valence-corrected chi connectivity index (χ1v) is 10.0. The third-order valence-electron chi connectivity index (χ3n) is 4.25. The molecular weight excluding hydrogens is 412 g/mol. The van der Waals surface area contributed by atoms with E-state index in [4.69, 9.17) is 32.7 Å². The minimum absolute atomic E-state index is 0.0722. The Morgan fingerprint density at radius 3 is 2.48 bits per heavy atom. The largest absolute Gasteiger partial charge is 0.490 e. The first-order valence-electron chi connectivity index (χ1n) is 9.28. The van der Waals surface area contributed by atoms with E-state index in [0.29, 0.717) is 42.0 Å². The summed E-state index contributed by atoms with van der Waals surface area (Å²) in [4.78, 5) is 0. The Bertz CT molecular complexity index is 995. The van der Waals surface area contributed by atoms with Gasteiger partial charge in [-0.05, 0) is 55.3 Å². The second-order valence-corrected chi connectivity index (χ2v) is 7.41. The monoisotopic (exact) mass is 433 g/mol. The van der Waals surface area contributed by atoms with Crippen LogP contribution in [-0.2, 0) is 13.2 Å². The van der Waals surface area contributed by atoms with Crippen LogP contribution in [0, 0.1) is 12.7 Å². The van der Waals surface area contributed by atoms with Crippen molar-refractivity contribution in [2.75, 3.05) is 11.9 Å². The lowest BCUT2D eigenvalue weighted by Crippen LogP contribution is -2.04. The van der Waals surface area contributed by atoms with Crippen LogP contribution >= 0.6 is 23.2 Å². The average molecular weight is 434 g/mol. The van der Waals surface area contributed by atoms with Crippen LogP contribution in [0.2, 0.25) is 10.0 Å². The summed E-state index contributed by atoms with van der Waals surface area (Å²) in [5.74, 6) is 0.652. The van der Waals surface area contributed by atoms with E-state index < -0.39 is 5.82 Å². The van der Waals surface area contributed by atoms with Gasteiger partial charge in [0.1, 0.15) is 12.4 Å². The van der Waals surface area contributed by atoms with Crippen LogP contribution in [0.1, 0.15) is 23.6 Å². The summed E-state index contributed by atoms with van der Waals surface area (Å²) in [5.41, 5.74) is 3.85. The molecule has 6 heteroatoms. The van der Waals surface area contributed by atoms with Crippen molar-refractivity contribution in [2.45, 2.75) is 27.0 Å². The van der Waals surface area contributed by atoms with Crippen molar-refractivity contribution in [3.8, 4) is 11.5 Å². The molecule has 0 aliphatic carbocycles. The van der Waals surface area contributed by atoms with Crippen molar-refractivity contribution in [2.24, 2.45) is 0 Å². The molecule has 0 atom stereocenters. The summed E-state index contributed by atoms with van der Waals surface area (Å²) in [6.45, 7) is 5.30. The summed E-state index contributed by atoms with van der Waals surface area (Å²) in [6, 6.07) is 16.3. The number of aryl methyl sites for hydroxylation is 1. The Balaban J connectivity index is 1.75. The predicted molar refractivity (Wildman–Crippen MR) is 117 cm³/mol. The molecule has 0 fully saturated rings. The van der Waals surface area contributed by atoms with E-state index in [1.54, 1.807) is 12.1 Å². The summed E-state index contributed by atoms with van der Waals surface area (Å²) in [6.07, 6.45) is 0. The Hall–Kier alpha value is -2.43. The third-order valence-corrected chi connectivity index (χ3v) is 4.82. The van der Waals surface area contributed by atoms with E-state index in [1.165, 1.54) is 11.6 Å². The highest BCUT2D eigenvalue weighted by atomic mass is 35.5. The quantitative estimate of drug-likeness (QED) is 0.413. The Kier molecular flexibility index (Phi) is 7.24. The number of anilines is 1. The third kappa shape index (κ3) is 5.78. The van der Waals surface area contributed by atoms with Gasteiger partial charge in [0.15, 0.2) is 11.5 Å². The van der Waals surface area contributed by atoms with Gasteiger partial charge in [0, 0.05) is 12.2 Å². The van der Waals surface area contributed by atoms with Crippen molar-refractivity contribution >= 4 is 28.9 Å². The fourth-order valence-electron chi connectivity index (χ4n) is 2.89. The van der Waals surface area contributed by atoms with Crippen molar-refractivity contribution in [3.63, 3.8) is 0 Å². The van der Waals surface area contributed by atoms with Gasteiger partial charge in [0.25, 0.3) is 0 Å². The normalized spacial score (nSPS) is 10.7. The van der Waals surface area contributed by atoms with Gasteiger partial charge in [-0.3, -0.25) is 0 Å². The van der Waals surface area contributed by atoms with Crippen LogP contribution in [-0.4, -0.2) is 6.61 Å². The van der Waals surface area contributed by atoms with Gasteiger partial charge in [-0.2, -0.15) is 0 Å². The summed E-state index contributed by atoms with van der Waals surface area (Å²) >= 11 is 12.3. The van der Waals surface area contributed by atoms with E-state index in [9.17, 15) is 4.39 Å². The fraction of sp³-hybridized carbons (Fsp3) is 0.217. The maximum absolute atomic E-state index is 13.3. The SMILES string of the molecule is CCOc1cc(CNc2ccc(F)c(Cl)c2)cc(Cl)c1OCc1cccc(C)c1. The molecule has 3 aromatic carbocycles. The maximum atomic E-state index is 13.3. The number of ether oxygens (including phenoxy) is 2. The topological polar surface area (TPSA) is 30.5 Å². The predicted octanol–water partition coefficient (Wildman–Crippen LogP) is 7.03. The van der Waals surface area contributed by atoms with Gasteiger partial charge in [0.05, 0.1) is 16.7 Å². The minimum Gasteiger partial charge on any atom is -0.490 e. The summed E-state index contributed by atoms with van der Waals surface area (Å²) in [7, 11) is 0. The molecular formula is C23H22Cl2FNO2.